The maximum absolute atomic E-state index is 12.7. The molecule has 0 bridgehead atoms. The molecular weight excluding hydrogens is 400 g/mol. The zero-order valence-electron chi connectivity index (χ0n) is 17.3. The molecule has 0 aliphatic carbocycles. The van der Waals surface area contributed by atoms with Crippen LogP contribution in [0.2, 0.25) is 0 Å². The van der Waals surface area contributed by atoms with Crippen LogP contribution in [-0.2, 0) is 24.3 Å². The van der Waals surface area contributed by atoms with Gasteiger partial charge >= 0.3 is 6.03 Å². The Kier molecular flexibility index (Phi) is 9.64. The highest BCUT2D eigenvalue weighted by Crippen LogP contribution is 2.18. The summed E-state index contributed by atoms with van der Waals surface area (Å²) in [5, 5.41) is 2.90. The summed E-state index contributed by atoms with van der Waals surface area (Å²) in [6.07, 6.45) is 1.91. The predicted molar refractivity (Wildman–Crippen MR) is 121 cm³/mol. The van der Waals surface area contributed by atoms with Crippen LogP contribution in [0.5, 0.6) is 0 Å². The largest absolute Gasteiger partial charge is 0.338 e. The number of carbonyl (C=O) groups is 2. The van der Waals surface area contributed by atoms with E-state index in [1.165, 1.54) is 11.1 Å². The molecule has 0 spiro atoms. The van der Waals surface area contributed by atoms with Gasteiger partial charge in [-0.3, -0.25) is 4.79 Å². The van der Waals surface area contributed by atoms with Crippen molar-refractivity contribution in [2.75, 3.05) is 26.2 Å². The first kappa shape index (κ1) is 23.7. The predicted octanol–water partition coefficient (Wildman–Crippen LogP) is 2.94. The smallest absolute Gasteiger partial charge is 0.317 e. The minimum absolute atomic E-state index is 0. The number of hydrogen-bond acceptors (Lipinski definition) is 3. The van der Waals surface area contributed by atoms with E-state index >= 15 is 0 Å². The first-order valence-electron chi connectivity index (χ1n) is 10.3. The number of nitrogens with one attached hydrogen (secondary N) is 1. The van der Waals surface area contributed by atoms with Crippen molar-refractivity contribution in [3.63, 3.8) is 0 Å². The average molecular weight is 431 g/mol. The fraction of sp³-hybridized carbons (Fsp3) is 0.391. The van der Waals surface area contributed by atoms with Gasteiger partial charge in [0.25, 0.3) is 0 Å². The zero-order chi connectivity index (χ0) is 20.5. The van der Waals surface area contributed by atoms with Crippen LogP contribution in [0, 0.1) is 0 Å². The van der Waals surface area contributed by atoms with Crippen LogP contribution >= 0.6 is 12.4 Å². The van der Waals surface area contributed by atoms with Gasteiger partial charge in [-0.05, 0) is 36.1 Å². The molecule has 3 N–H and O–H groups in total. The Morgan fingerprint density at radius 1 is 1.03 bits per heavy atom. The standard InChI is InChI=1S/C23H30N4O2.ClH/c24-13-6-15-26(17-19-7-2-1-3-8-19)22(28)11-14-25-23(29)27-16-12-20-9-4-5-10-21(20)18-27;/h1-5,7-10H,6,11-18,24H2,(H,25,29);1H. The van der Waals surface area contributed by atoms with Crippen molar-refractivity contribution in [2.24, 2.45) is 5.73 Å². The van der Waals surface area contributed by atoms with Crippen LogP contribution in [0.25, 0.3) is 0 Å². The van der Waals surface area contributed by atoms with Crippen molar-refractivity contribution in [3.05, 3.63) is 71.3 Å². The fourth-order valence-electron chi connectivity index (χ4n) is 3.59. The number of hydrogen-bond donors (Lipinski definition) is 2. The quantitative estimate of drug-likeness (QED) is 0.675. The molecule has 3 rings (SSSR count). The van der Waals surface area contributed by atoms with E-state index in [0.29, 0.717) is 39.3 Å². The van der Waals surface area contributed by atoms with E-state index in [1.54, 1.807) is 0 Å². The minimum atomic E-state index is -0.108. The van der Waals surface area contributed by atoms with Crippen molar-refractivity contribution in [1.29, 1.82) is 0 Å². The molecule has 3 amide bonds. The van der Waals surface area contributed by atoms with Gasteiger partial charge in [0.2, 0.25) is 5.91 Å². The summed E-state index contributed by atoms with van der Waals surface area (Å²) in [5.41, 5.74) is 9.22. The second-order valence-electron chi connectivity index (χ2n) is 7.37. The van der Waals surface area contributed by atoms with Crippen LogP contribution < -0.4 is 11.1 Å². The molecule has 2 aromatic carbocycles. The molecule has 2 aromatic rings. The monoisotopic (exact) mass is 430 g/mol. The van der Waals surface area contributed by atoms with Crippen molar-refractivity contribution in [2.45, 2.75) is 32.4 Å². The van der Waals surface area contributed by atoms with E-state index < -0.39 is 0 Å². The van der Waals surface area contributed by atoms with E-state index in [4.69, 9.17) is 5.73 Å². The Labute approximate surface area is 184 Å². The summed E-state index contributed by atoms with van der Waals surface area (Å²) in [6.45, 7) is 3.40. The highest BCUT2D eigenvalue weighted by molar-refractivity contribution is 5.85. The molecule has 0 fully saturated rings. The molecule has 0 aromatic heterocycles. The van der Waals surface area contributed by atoms with Gasteiger partial charge in [0.15, 0.2) is 0 Å². The molecule has 1 aliphatic rings. The molecule has 7 heteroatoms. The number of amides is 3. The molecule has 0 atom stereocenters. The number of rotatable bonds is 8. The van der Waals surface area contributed by atoms with E-state index in [-0.39, 0.29) is 30.8 Å². The molecule has 30 heavy (non-hydrogen) atoms. The number of carbonyl (C=O) groups excluding carboxylic acids is 2. The molecule has 0 unspecified atom stereocenters. The summed E-state index contributed by atoms with van der Waals surface area (Å²) in [4.78, 5) is 28.8. The molecule has 0 saturated heterocycles. The van der Waals surface area contributed by atoms with Gasteiger partial charge in [-0.2, -0.15) is 0 Å². The third-order valence-corrected chi connectivity index (χ3v) is 5.23. The molecule has 0 saturated carbocycles. The molecule has 6 nitrogen and oxygen atoms in total. The lowest BCUT2D eigenvalue weighted by molar-refractivity contribution is -0.131. The number of urea groups is 1. The Bertz CT molecular complexity index is 816. The van der Waals surface area contributed by atoms with E-state index in [1.807, 2.05) is 52.3 Å². The zero-order valence-corrected chi connectivity index (χ0v) is 18.1. The topological polar surface area (TPSA) is 78.7 Å². The van der Waals surface area contributed by atoms with Gasteiger partial charge in [-0.15, -0.1) is 12.4 Å². The number of nitrogens with zero attached hydrogens (tertiary/aromatic N) is 2. The minimum Gasteiger partial charge on any atom is -0.338 e. The van der Waals surface area contributed by atoms with E-state index in [9.17, 15) is 9.59 Å². The highest BCUT2D eigenvalue weighted by atomic mass is 35.5. The summed E-state index contributed by atoms with van der Waals surface area (Å²) < 4.78 is 0. The second-order valence-corrected chi connectivity index (χ2v) is 7.37. The Balaban J connectivity index is 0.00000320. The molecule has 162 valence electrons. The van der Waals surface area contributed by atoms with E-state index in [0.717, 1.165) is 18.4 Å². The van der Waals surface area contributed by atoms with Gasteiger partial charge in [-0.25, -0.2) is 4.79 Å². The lowest BCUT2D eigenvalue weighted by atomic mass is 10.0. The summed E-state index contributed by atoms with van der Waals surface area (Å²) in [7, 11) is 0. The van der Waals surface area contributed by atoms with Crippen molar-refractivity contribution in [1.82, 2.24) is 15.1 Å². The van der Waals surface area contributed by atoms with Crippen molar-refractivity contribution >= 4 is 24.3 Å². The van der Waals surface area contributed by atoms with Crippen molar-refractivity contribution < 1.29 is 9.59 Å². The number of benzene rings is 2. The molecule has 1 aliphatic heterocycles. The summed E-state index contributed by atoms with van der Waals surface area (Å²) in [6, 6.07) is 18.0. The lowest BCUT2D eigenvalue weighted by Crippen LogP contribution is -2.44. The third kappa shape index (κ3) is 6.75. The highest BCUT2D eigenvalue weighted by Gasteiger charge is 2.20. The molecular formula is C23H31ClN4O2. The number of fused-ring (bicyclic) bond motifs is 1. The second kappa shape index (κ2) is 12.2. The summed E-state index contributed by atoms with van der Waals surface area (Å²) in [5.74, 6) is 0.0339. The lowest BCUT2D eigenvalue weighted by Gasteiger charge is -2.29. The average Bonchev–Trinajstić information content (AvgIpc) is 2.76. The van der Waals surface area contributed by atoms with Crippen LogP contribution in [0.1, 0.15) is 29.5 Å². The SMILES string of the molecule is Cl.NCCCN(Cc1ccccc1)C(=O)CCNC(=O)N1CCc2ccccc2C1. The Morgan fingerprint density at radius 3 is 2.47 bits per heavy atom. The normalized spacial score (nSPS) is 12.5. The van der Waals surface area contributed by atoms with Crippen molar-refractivity contribution in [3.8, 4) is 0 Å². The van der Waals surface area contributed by atoms with Gasteiger partial charge in [0.05, 0.1) is 0 Å². The molecule has 0 radical (unpaired) electrons. The van der Waals surface area contributed by atoms with Gasteiger partial charge in [-0.1, -0.05) is 54.6 Å². The molecule has 1 heterocycles. The third-order valence-electron chi connectivity index (χ3n) is 5.23. The first-order chi connectivity index (χ1) is 14.2. The Hall–Kier alpha value is -2.57. The number of halogens is 1. The summed E-state index contributed by atoms with van der Waals surface area (Å²) >= 11 is 0. The van der Waals surface area contributed by atoms with Crippen LogP contribution in [-0.4, -0.2) is 47.9 Å². The maximum atomic E-state index is 12.7. The first-order valence-corrected chi connectivity index (χ1v) is 10.3. The van der Waals surface area contributed by atoms with Crippen LogP contribution in [0.4, 0.5) is 4.79 Å². The fourth-order valence-corrected chi connectivity index (χ4v) is 3.59. The van der Waals surface area contributed by atoms with Crippen LogP contribution in [0.15, 0.2) is 54.6 Å². The van der Waals surface area contributed by atoms with Crippen LogP contribution in [0.3, 0.4) is 0 Å². The van der Waals surface area contributed by atoms with E-state index in [2.05, 4.69) is 17.4 Å². The Morgan fingerprint density at radius 2 is 1.73 bits per heavy atom. The van der Waals surface area contributed by atoms with Gasteiger partial charge in [0, 0.05) is 39.1 Å². The van der Waals surface area contributed by atoms with Gasteiger partial charge < -0.3 is 20.9 Å². The van der Waals surface area contributed by atoms with Gasteiger partial charge in [0.1, 0.15) is 0 Å². The number of nitrogens with two attached hydrogens (primary N) is 1. The maximum Gasteiger partial charge on any atom is 0.317 e.